The van der Waals surface area contributed by atoms with E-state index in [1.54, 1.807) is 6.20 Å². The van der Waals surface area contributed by atoms with Crippen LogP contribution in [0.25, 0.3) is 17.8 Å². The summed E-state index contributed by atoms with van der Waals surface area (Å²) in [4.78, 5) is 0. The van der Waals surface area contributed by atoms with Gasteiger partial charge < -0.3 is 21.7 Å². The van der Waals surface area contributed by atoms with Gasteiger partial charge in [-0.3, -0.25) is 0 Å². The van der Waals surface area contributed by atoms with Crippen molar-refractivity contribution in [2.45, 2.75) is 31.3 Å². The summed E-state index contributed by atoms with van der Waals surface area (Å²) in [6.45, 7) is 5.98. The molecular formula is C22H30N4. The molecule has 4 nitrogen and oxygen atoms in total. The van der Waals surface area contributed by atoms with E-state index in [-0.39, 0.29) is 0 Å². The number of likely N-dealkylation sites (N-methyl/N-ethyl adjacent to an activating group) is 1. The van der Waals surface area contributed by atoms with Crippen molar-refractivity contribution >= 4 is 23.5 Å². The van der Waals surface area contributed by atoms with Crippen LogP contribution in [-0.4, -0.2) is 32.2 Å². The average Bonchev–Trinajstić information content (AvgIpc) is 2.69. The fourth-order valence-electron chi connectivity index (χ4n) is 3.65. The third kappa shape index (κ3) is 4.26. The van der Waals surface area contributed by atoms with Crippen LogP contribution < -0.4 is 32.1 Å². The molecule has 0 aromatic heterocycles. The lowest BCUT2D eigenvalue weighted by Gasteiger charge is -2.25. The molecule has 138 valence electrons. The Hall–Kier alpha value is -2.30. The van der Waals surface area contributed by atoms with Crippen molar-refractivity contribution in [3.8, 4) is 0 Å². The van der Waals surface area contributed by atoms with E-state index in [4.69, 9.17) is 5.73 Å². The normalized spacial score (nSPS) is 22.3. The molecule has 26 heavy (non-hydrogen) atoms. The molecule has 1 heterocycles. The SMILES string of the molecule is C=C/C=c1/cc(C2=CCC(NC)C=C2)cc(NC2CCNCC2)/c1=C/N. The molecule has 1 aliphatic heterocycles. The zero-order valence-electron chi connectivity index (χ0n) is 15.6. The standard InChI is InChI=1S/C22H30N4/c1-3-4-17-13-18(16-5-7-19(24-2)8-6-16)14-22(21(17)15-23)26-20-9-11-25-12-10-20/h3-7,13-15,19-20,24-26H,1,8-12,23H2,2H3/b17-4-,21-15+. The van der Waals surface area contributed by atoms with Gasteiger partial charge in [0.1, 0.15) is 0 Å². The zero-order chi connectivity index (χ0) is 18.4. The Balaban J connectivity index is 2.01. The number of nitrogens with one attached hydrogen (secondary N) is 3. The zero-order valence-corrected chi connectivity index (χ0v) is 15.6. The Morgan fingerprint density at radius 1 is 1.27 bits per heavy atom. The third-order valence-corrected chi connectivity index (χ3v) is 5.18. The molecule has 1 unspecified atom stereocenters. The van der Waals surface area contributed by atoms with Gasteiger partial charge in [-0.15, -0.1) is 0 Å². The van der Waals surface area contributed by atoms with E-state index in [9.17, 15) is 0 Å². The highest BCUT2D eigenvalue weighted by Gasteiger charge is 2.15. The van der Waals surface area contributed by atoms with E-state index in [0.717, 1.165) is 48.5 Å². The summed E-state index contributed by atoms with van der Waals surface area (Å²) in [5, 5.41) is 12.6. The highest BCUT2D eigenvalue weighted by molar-refractivity contribution is 5.77. The van der Waals surface area contributed by atoms with E-state index in [0.29, 0.717) is 12.1 Å². The second kappa shape index (κ2) is 8.88. The molecule has 0 radical (unpaired) electrons. The molecule has 1 aromatic rings. The molecule has 1 saturated heterocycles. The summed E-state index contributed by atoms with van der Waals surface area (Å²) in [5.74, 6) is 0. The van der Waals surface area contributed by atoms with Crippen LogP contribution in [0, 0.1) is 0 Å². The topological polar surface area (TPSA) is 62.1 Å². The Kier molecular flexibility index (Phi) is 6.31. The number of nitrogens with two attached hydrogens (primary N) is 1. The van der Waals surface area contributed by atoms with Crippen molar-refractivity contribution in [3.05, 3.63) is 59.0 Å². The van der Waals surface area contributed by atoms with Gasteiger partial charge in [0.2, 0.25) is 0 Å². The minimum absolute atomic E-state index is 0.418. The summed E-state index contributed by atoms with van der Waals surface area (Å²) in [7, 11) is 2.00. The lowest BCUT2D eigenvalue weighted by molar-refractivity contribution is 0.479. The maximum Gasteiger partial charge on any atom is 0.0442 e. The molecule has 1 aromatic carbocycles. The number of allylic oxidation sites excluding steroid dienone is 3. The number of hydrogen-bond acceptors (Lipinski definition) is 4. The van der Waals surface area contributed by atoms with E-state index in [1.807, 2.05) is 19.2 Å². The summed E-state index contributed by atoms with van der Waals surface area (Å²) in [6, 6.07) is 5.33. The maximum absolute atomic E-state index is 5.98. The molecule has 4 heteroatoms. The smallest absolute Gasteiger partial charge is 0.0442 e. The van der Waals surface area contributed by atoms with Gasteiger partial charge in [0.05, 0.1) is 0 Å². The molecule has 1 aliphatic carbocycles. The molecule has 0 spiro atoms. The molecule has 5 N–H and O–H groups in total. The Labute approximate surface area is 156 Å². The van der Waals surface area contributed by atoms with Gasteiger partial charge in [-0.2, -0.15) is 0 Å². The first-order chi connectivity index (χ1) is 12.7. The van der Waals surface area contributed by atoms with E-state index in [1.165, 1.54) is 11.1 Å². The average molecular weight is 351 g/mol. The van der Waals surface area contributed by atoms with Crippen molar-refractivity contribution in [3.63, 3.8) is 0 Å². The number of piperidine rings is 1. The Bertz CT molecular complexity index is 813. The third-order valence-electron chi connectivity index (χ3n) is 5.18. The van der Waals surface area contributed by atoms with E-state index in [2.05, 4.69) is 52.9 Å². The molecule has 2 aliphatic rings. The van der Waals surface area contributed by atoms with Crippen LogP contribution in [0.2, 0.25) is 0 Å². The van der Waals surface area contributed by atoms with Crippen molar-refractivity contribution in [2.24, 2.45) is 5.73 Å². The minimum atomic E-state index is 0.418. The lowest BCUT2D eigenvalue weighted by atomic mass is 9.95. The number of anilines is 1. The molecule has 1 atom stereocenters. The lowest BCUT2D eigenvalue weighted by Crippen LogP contribution is -2.38. The fraction of sp³-hybridized carbons (Fsp3) is 0.364. The van der Waals surface area contributed by atoms with Crippen molar-refractivity contribution < 1.29 is 0 Å². The van der Waals surface area contributed by atoms with Crippen molar-refractivity contribution in [2.75, 3.05) is 25.5 Å². The fourth-order valence-corrected chi connectivity index (χ4v) is 3.65. The van der Waals surface area contributed by atoms with Crippen LogP contribution in [0.15, 0.2) is 43.0 Å². The quantitative estimate of drug-likeness (QED) is 0.649. The van der Waals surface area contributed by atoms with Crippen LogP contribution in [-0.2, 0) is 0 Å². The van der Waals surface area contributed by atoms with Crippen molar-refractivity contribution in [1.82, 2.24) is 10.6 Å². The van der Waals surface area contributed by atoms with Crippen LogP contribution in [0.5, 0.6) is 0 Å². The van der Waals surface area contributed by atoms with Gasteiger partial charge in [-0.1, -0.05) is 37.0 Å². The molecular weight excluding hydrogens is 320 g/mol. The molecule has 0 saturated carbocycles. The predicted molar refractivity (Wildman–Crippen MR) is 113 cm³/mol. The number of benzene rings is 1. The minimum Gasteiger partial charge on any atom is -0.404 e. The summed E-state index contributed by atoms with van der Waals surface area (Å²) in [5.41, 5.74) is 9.56. The first-order valence-electron chi connectivity index (χ1n) is 9.47. The second-order valence-corrected chi connectivity index (χ2v) is 6.91. The second-order valence-electron chi connectivity index (χ2n) is 6.91. The van der Waals surface area contributed by atoms with Gasteiger partial charge >= 0.3 is 0 Å². The summed E-state index contributed by atoms with van der Waals surface area (Å²) >= 11 is 0. The van der Waals surface area contributed by atoms with E-state index < -0.39 is 0 Å². The first kappa shape index (κ1) is 18.5. The van der Waals surface area contributed by atoms with Gasteiger partial charge in [-0.05, 0) is 67.9 Å². The monoisotopic (exact) mass is 350 g/mol. The van der Waals surface area contributed by atoms with Crippen molar-refractivity contribution in [1.29, 1.82) is 0 Å². The van der Waals surface area contributed by atoms with Gasteiger partial charge in [-0.25, -0.2) is 0 Å². The number of rotatable bonds is 5. The summed E-state index contributed by atoms with van der Waals surface area (Å²) < 4.78 is 0. The highest BCUT2D eigenvalue weighted by Crippen LogP contribution is 2.22. The van der Waals surface area contributed by atoms with Crippen LogP contribution in [0.1, 0.15) is 24.8 Å². The van der Waals surface area contributed by atoms with Gasteiger partial charge in [0.15, 0.2) is 0 Å². The first-order valence-corrected chi connectivity index (χ1v) is 9.47. The maximum atomic E-state index is 5.98. The molecule has 3 rings (SSSR count). The molecule has 1 fully saturated rings. The Morgan fingerprint density at radius 2 is 2.08 bits per heavy atom. The molecule has 0 bridgehead atoms. The Morgan fingerprint density at radius 3 is 2.69 bits per heavy atom. The number of hydrogen-bond donors (Lipinski definition) is 4. The molecule has 0 amide bonds. The summed E-state index contributed by atoms with van der Waals surface area (Å²) in [6.07, 6.45) is 15.5. The van der Waals surface area contributed by atoms with Crippen LogP contribution in [0.4, 0.5) is 5.69 Å². The largest absolute Gasteiger partial charge is 0.404 e. The van der Waals surface area contributed by atoms with Gasteiger partial charge in [0.25, 0.3) is 0 Å². The van der Waals surface area contributed by atoms with Crippen LogP contribution in [0.3, 0.4) is 0 Å². The predicted octanol–water partition coefficient (Wildman–Crippen LogP) is 1.45. The highest BCUT2D eigenvalue weighted by atomic mass is 15.0. The van der Waals surface area contributed by atoms with E-state index >= 15 is 0 Å². The van der Waals surface area contributed by atoms with Gasteiger partial charge in [0, 0.05) is 29.2 Å². The van der Waals surface area contributed by atoms with Crippen LogP contribution >= 0.6 is 0 Å².